The van der Waals surface area contributed by atoms with E-state index in [4.69, 9.17) is 0 Å². The van der Waals surface area contributed by atoms with Crippen LogP contribution in [0.5, 0.6) is 0 Å². The number of benzene rings is 10. The molecule has 0 aliphatic carbocycles. The van der Waals surface area contributed by atoms with Gasteiger partial charge in [0.15, 0.2) is 0 Å². The summed E-state index contributed by atoms with van der Waals surface area (Å²) in [6.07, 6.45) is 0. The van der Waals surface area contributed by atoms with Crippen LogP contribution in [0.4, 0.5) is 38.5 Å². The Kier molecular flexibility index (Phi) is 11.0. The van der Waals surface area contributed by atoms with Crippen molar-refractivity contribution in [3.05, 3.63) is 267 Å². The summed E-state index contributed by atoms with van der Waals surface area (Å²) in [4.78, 5) is 4.62. The summed E-state index contributed by atoms with van der Waals surface area (Å²) in [6, 6.07) is 90.4. The molecule has 2 nitrogen and oxygen atoms in total. The second kappa shape index (κ2) is 17.8. The molecule has 0 heterocycles. The monoisotopic (exact) mass is 810 g/mol. The summed E-state index contributed by atoms with van der Waals surface area (Å²) < 4.78 is 14.8. The molecular formula is C60H43FN2. The topological polar surface area (TPSA) is 6.48 Å². The van der Waals surface area contributed by atoms with Crippen LogP contribution in [-0.4, -0.2) is 0 Å². The van der Waals surface area contributed by atoms with Gasteiger partial charge in [0.25, 0.3) is 0 Å². The molecule has 10 aromatic carbocycles. The fraction of sp³-hybridized carbons (Fsp3) is 0. The third-order valence-electron chi connectivity index (χ3n) is 11.5. The Labute approximate surface area is 369 Å². The minimum Gasteiger partial charge on any atom is -0.310 e. The molecule has 3 heteroatoms. The Morgan fingerprint density at radius 1 is 0.222 bits per heavy atom. The zero-order valence-corrected chi connectivity index (χ0v) is 34.6. The van der Waals surface area contributed by atoms with Crippen molar-refractivity contribution < 1.29 is 4.39 Å². The number of halogens is 1. The predicted molar refractivity (Wildman–Crippen MR) is 263 cm³/mol. The average Bonchev–Trinajstić information content (AvgIpc) is 3.37. The van der Waals surface area contributed by atoms with Crippen LogP contribution in [0.25, 0.3) is 55.6 Å². The molecule has 300 valence electrons. The van der Waals surface area contributed by atoms with Crippen LogP contribution in [0.2, 0.25) is 0 Å². The molecule has 10 rings (SSSR count). The largest absolute Gasteiger partial charge is 0.310 e. The summed E-state index contributed by atoms with van der Waals surface area (Å²) in [5, 5.41) is 0. The van der Waals surface area contributed by atoms with Crippen molar-refractivity contribution in [1.82, 2.24) is 0 Å². The van der Waals surface area contributed by atoms with Crippen LogP contribution in [0.15, 0.2) is 261 Å². The molecule has 0 radical (unpaired) electrons. The van der Waals surface area contributed by atoms with Crippen LogP contribution in [0.1, 0.15) is 0 Å². The molecule has 0 atom stereocenters. The Morgan fingerprint density at radius 3 is 0.746 bits per heavy atom. The number of hydrogen-bond donors (Lipinski definition) is 0. The smallest absolute Gasteiger partial charge is 0.123 e. The summed E-state index contributed by atoms with van der Waals surface area (Å²) >= 11 is 0. The first-order chi connectivity index (χ1) is 31.2. The molecule has 0 spiro atoms. The van der Waals surface area contributed by atoms with Crippen molar-refractivity contribution in [2.24, 2.45) is 0 Å². The number of rotatable bonds is 11. The Bertz CT molecular complexity index is 2960. The van der Waals surface area contributed by atoms with Crippen LogP contribution >= 0.6 is 0 Å². The van der Waals surface area contributed by atoms with Gasteiger partial charge in [-0.3, -0.25) is 0 Å². The molecule has 0 saturated heterocycles. The molecule has 0 N–H and O–H groups in total. The summed E-state index contributed by atoms with van der Waals surface area (Å²) in [7, 11) is 0. The van der Waals surface area contributed by atoms with Crippen LogP contribution < -0.4 is 9.80 Å². The molecule has 0 bridgehead atoms. The molecular weight excluding hydrogens is 768 g/mol. The lowest BCUT2D eigenvalue weighted by atomic mass is 9.93. The molecule has 0 aliphatic rings. The first kappa shape index (κ1) is 38.9. The Hall–Kier alpha value is -8.27. The summed E-state index contributed by atoms with van der Waals surface area (Å²) in [5.41, 5.74) is 16.9. The van der Waals surface area contributed by atoms with Gasteiger partial charge in [0, 0.05) is 33.9 Å². The Balaban J connectivity index is 1.24. The fourth-order valence-corrected chi connectivity index (χ4v) is 8.39. The quantitative estimate of drug-likeness (QED) is 0.128. The van der Waals surface area contributed by atoms with E-state index in [0.29, 0.717) is 0 Å². The molecule has 0 unspecified atom stereocenters. The number of anilines is 6. The van der Waals surface area contributed by atoms with E-state index in [9.17, 15) is 4.39 Å². The maximum Gasteiger partial charge on any atom is 0.123 e. The highest BCUT2D eigenvalue weighted by atomic mass is 19.1. The minimum atomic E-state index is -0.286. The number of hydrogen-bond acceptors (Lipinski definition) is 2. The molecule has 0 aliphatic heterocycles. The van der Waals surface area contributed by atoms with E-state index in [1.807, 2.05) is 30.3 Å². The van der Waals surface area contributed by atoms with Gasteiger partial charge in [0.1, 0.15) is 5.82 Å². The van der Waals surface area contributed by atoms with Crippen molar-refractivity contribution in [1.29, 1.82) is 0 Å². The second-order valence-corrected chi connectivity index (χ2v) is 15.5. The SMILES string of the molecule is Fc1ccc(N(c2ccc(-c3ccccc3)cc2)c2cc(N(c3ccc(-c4ccccc4)cc3)c3ccc(-c4ccccc4)cc3)c(-c3ccccc3)cc2-c2ccccc2)cc1. The van der Waals surface area contributed by atoms with Crippen molar-refractivity contribution in [2.75, 3.05) is 9.80 Å². The van der Waals surface area contributed by atoms with Crippen molar-refractivity contribution in [2.45, 2.75) is 0 Å². The lowest BCUT2D eigenvalue weighted by Crippen LogP contribution is -2.15. The molecule has 0 saturated carbocycles. The first-order valence-corrected chi connectivity index (χ1v) is 21.3. The highest BCUT2D eigenvalue weighted by Crippen LogP contribution is 2.50. The van der Waals surface area contributed by atoms with Crippen LogP contribution in [0.3, 0.4) is 0 Å². The maximum atomic E-state index is 14.8. The third-order valence-corrected chi connectivity index (χ3v) is 11.5. The predicted octanol–water partition coefficient (Wildman–Crippen LogP) is 17.1. The van der Waals surface area contributed by atoms with Gasteiger partial charge in [0.05, 0.1) is 11.4 Å². The van der Waals surface area contributed by atoms with Crippen LogP contribution in [-0.2, 0) is 0 Å². The van der Waals surface area contributed by atoms with Gasteiger partial charge in [-0.05, 0) is 117 Å². The fourth-order valence-electron chi connectivity index (χ4n) is 8.39. The molecule has 0 amide bonds. The van der Waals surface area contributed by atoms with E-state index in [0.717, 1.165) is 89.8 Å². The van der Waals surface area contributed by atoms with Gasteiger partial charge in [-0.15, -0.1) is 0 Å². The molecule has 63 heavy (non-hydrogen) atoms. The van der Waals surface area contributed by atoms with Gasteiger partial charge in [-0.25, -0.2) is 4.39 Å². The molecule has 0 aromatic heterocycles. The van der Waals surface area contributed by atoms with Gasteiger partial charge in [-0.1, -0.05) is 188 Å². The van der Waals surface area contributed by atoms with E-state index < -0.39 is 0 Å². The van der Waals surface area contributed by atoms with Gasteiger partial charge in [0.2, 0.25) is 0 Å². The normalized spacial score (nSPS) is 10.9. The van der Waals surface area contributed by atoms with Crippen molar-refractivity contribution in [3.63, 3.8) is 0 Å². The van der Waals surface area contributed by atoms with E-state index in [1.165, 1.54) is 12.1 Å². The van der Waals surface area contributed by atoms with Crippen molar-refractivity contribution >= 4 is 34.1 Å². The van der Waals surface area contributed by atoms with Gasteiger partial charge >= 0.3 is 0 Å². The van der Waals surface area contributed by atoms with E-state index in [2.05, 4.69) is 228 Å². The zero-order valence-electron chi connectivity index (χ0n) is 34.6. The first-order valence-electron chi connectivity index (χ1n) is 21.3. The lowest BCUT2D eigenvalue weighted by molar-refractivity contribution is 0.628. The van der Waals surface area contributed by atoms with Crippen molar-refractivity contribution in [3.8, 4) is 55.6 Å². The minimum absolute atomic E-state index is 0.286. The second-order valence-electron chi connectivity index (χ2n) is 15.5. The van der Waals surface area contributed by atoms with E-state index in [1.54, 1.807) is 0 Å². The zero-order chi connectivity index (χ0) is 42.4. The molecule has 0 fully saturated rings. The maximum absolute atomic E-state index is 14.8. The highest BCUT2D eigenvalue weighted by Gasteiger charge is 2.25. The van der Waals surface area contributed by atoms with Gasteiger partial charge in [-0.2, -0.15) is 0 Å². The molecule has 10 aromatic rings. The Morgan fingerprint density at radius 2 is 0.460 bits per heavy atom. The van der Waals surface area contributed by atoms with Crippen LogP contribution in [0, 0.1) is 5.82 Å². The highest BCUT2D eigenvalue weighted by molar-refractivity contribution is 5.99. The van der Waals surface area contributed by atoms with Gasteiger partial charge < -0.3 is 9.80 Å². The van der Waals surface area contributed by atoms with E-state index >= 15 is 0 Å². The number of nitrogens with zero attached hydrogens (tertiary/aromatic N) is 2. The third kappa shape index (κ3) is 8.29. The summed E-state index contributed by atoms with van der Waals surface area (Å²) in [6.45, 7) is 0. The average molecular weight is 811 g/mol. The van der Waals surface area contributed by atoms with E-state index in [-0.39, 0.29) is 5.82 Å². The lowest BCUT2D eigenvalue weighted by Gasteiger charge is -2.33. The standard InChI is InChI=1S/C60H43FN2/c61-52-32-40-56(41-33-52)63(55-38-30-49(31-39-55)46-20-10-3-11-21-46)60-43-59(57(50-22-12-4-13-23-50)42-58(60)51-24-14-5-15-25-51)62(53-34-26-47(27-35-53)44-16-6-1-7-17-44)54-36-28-48(29-37-54)45-18-8-2-9-19-45/h1-43H. The summed E-state index contributed by atoms with van der Waals surface area (Å²) in [5.74, 6) is -0.286.